The Morgan fingerprint density at radius 3 is 2.67 bits per heavy atom. The van der Waals surface area contributed by atoms with Gasteiger partial charge in [0.25, 0.3) is 0 Å². The molecule has 33 heavy (non-hydrogen) atoms. The molecule has 172 valence electrons. The lowest BCUT2D eigenvalue weighted by molar-refractivity contribution is 0.202. The van der Waals surface area contributed by atoms with Crippen LogP contribution in [-0.2, 0) is 6.54 Å². The van der Waals surface area contributed by atoms with Gasteiger partial charge in [0.05, 0.1) is 0 Å². The van der Waals surface area contributed by atoms with Gasteiger partial charge in [-0.2, -0.15) is 4.98 Å². The highest BCUT2D eigenvalue weighted by molar-refractivity contribution is 6.30. The van der Waals surface area contributed by atoms with E-state index in [9.17, 15) is 4.39 Å². The zero-order valence-electron chi connectivity index (χ0n) is 18.3. The summed E-state index contributed by atoms with van der Waals surface area (Å²) in [7, 11) is 0. The number of anilines is 2. The van der Waals surface area contributed by atoms with Crippen molar-refractivity contribution >= 4 is 23.4 Å². The first-order valence-corrected chi connectivity index (χ1v) is 11.8. The molecule has 3 aliphatic rings. The first-order chi connectivity index (χ1) is 16.0. The van der Waals surface area contributed by atoms with Crippen LogP contribution in [-0.4, -0.2) is 43.9 Å². The lowest BCUT2D eigenvalue weighted by Crippen LogP contribution is -2.48. The Balaban J connectivity index is 1.15. The molecular weight excluding hydrogens is 445 g/mol. The normalized spacial score (nSPS) is 25.8. The number of hydrogen-bond acceptors (Lipinski definition) is 7. The number of rotatable bonds is 5. The molecule has 4 atom stereocenters. The quantitative estimate of drug-likeness (QED) is 0.604. The molecule has 2 aromatic heterocycles. The zero-order valence-corrected chi connectivity index (χ0v) is 19.0. The van der Waals surface area contributed by atoms with E-state index in [1.807, 2.05) is 11.6 Å². The van der Waals surface area contributed by atoms with Gasteiger partial charge in [-0.15, -0.1) is 5.10 Å². The summed E-state index contributed by atoms with van der Waals surface area (Å²) in [4.78, 5) is 15.8. The number of nitrogens with zero attached hydrogens (tertiary/aromatic N) is 6. The summed E-state index contributed by atoms with van der Waals surface area (Å²) in [6, 6.07) is 6.62. The van der Waals surface area contributed by atoms with Gasteiger partial charge in [0, 0.05) is 54.9 Å². The number of benzene rings is 1. The average molecular weight is 470 g/mol. The summed E-state index contributed by atoms with van der Waals surface area (Å²) in [6.45, 7) is 4.64. The van der Waals surface area contributed by atoms with Crippen LogP contribution in [0.3, 0.4) is 0 Å². The summed E-state index contributed by atoms with van der Waals surface area (Å²) >= 11 is 5.97. The van der Waals surface area contributed by atoms with Crippen molar-refractivity contribution in [2.24, 2.45) is 11.8 Å². The first-order valence-electron chi connectivity index (χ1n) is 11.4. The monoisotopic (exact) mass is 469 g/mol. The molecule has 1 unspecified atom stereocenters. The number of halogens is 2. The number of aromatic nitrogens is 5. The van der Waals surface area contributed by atoms with Crippen molar-refractivity contribution in [3.8, 4) is 5.75 Å². The number of fused-ring (bicyclic) bond motifs is 3. The molecule has 1 N–H and O–H groups in total. The van der Waals surface area contributed by atoms with Crippen LogP contribution in [0.4, 0.5) is 16.2 Å². The molecule has 1 saturated carbocycles. The van der Waals surface area contributed by atoms with Gasteiger partial charge in [-0.25, -0.2) is 19.0 Å². The number of ether oxygens (including phenoxy) is 1. The molecule has 0 spiro atoms. The van der Waals surface area contributed by atoms with Crippen molar-refractivity contribution in [3.63, 3.8) is 0 Å². The minimum absolute atomic E-state index is 0.273. The van der Waals surface area contributed by atoms with Crippen LogP contribution in [0.1, 0.15) is 36.9 Å². The van der Waals surface area contributed by atoms with Crippen LogP contribution in [0.5, 0.6) is 5.75 Å². The third-order valence-corrected chi connectivity index (χ3v) is 7.17. The highest BCUT2D eigenvalue weighted by Crippen LogP contribution is 2.40. The Hall–Kier alpha value is -2.94. The van der Waals surface area contributed by atoms with Gasteiger partial charge in [-0.05, 0) is 43.7 Å². The summed E-state index contributed by atoms with van der Waals surface area (Å²) in [6.07, 6.45) is 4.48. The Morgan fingerprint density at radius 1 is 1.09 bits per heavy atom. The van der Waals surface area contributed by atoms with E-state index >= 15 is 0 Å². The largest absolute Gasteiger partial charge is 0.482 e. The fourth-order valence-electron chi connectivity index (χ4n) is 5.47. The minimum Gasteiger partial charge on any atom is -0.482 e. The third-order valence-electron chi connectivity index (χ3n) is 6.95. The van der Waals surface area contributed by atoms with Crippen molar-refractivity contribution in [3.05, 3.63) is 53.0 Å². The molecule has 0 radical (unpaired) electrons. The molecule has 6 rings (SSSR count). The molecular formula is C23H25ClFN7O. The first kappa shape index (κ1) is 20.7. The third kappa shape index (κ3) is 3.99. The second-order valence-electron chi connectivity index (χ2n) is 9.21. The van der Waals surface area contributed by atoms with E-state index in [-0.39, 0.29) is 6.10 Å². The van der Waals surface area contributed by atoms with Crippen LogP contribution in [0, 0.1) is 24.6 Å². The topological polar surface area (TPSA) is 81.0 Å². The van der Waals surface area contributed by atoms with Gasteiger partial charge in [0.15, 0.2) is 11.9 Å². The molecule has 3 aromatic rings. The van der Waals surface area contributed by atoms with E-state index in [1.54, 1.807) is 12.4 Å². The van der Waals surface area contributed by atoms with Crippen molar-refractivity contribution < 1.29 is 9.13 Å². The van der Waals surface area contributed by atoms with Gasteiger partial charge in [0.1, 0.15) is 23.7 Å². The molecule has 10 heteroatoms. The molecule has 2 fully saturated rings. The summed E-state index contributed by atoms with van der Waals surface area (Å²) in [5.41, 5.74) is 0.988. The zero-order chi connectivity index (χ0) is 22.5. The standard InChI is InChI=1S/C23H25ClFN7O/c1-13-6-20(27-12-26-13)31-10-14-2-3-15(11-31)21(14)28-23-29-22-19(4-5-32(22)30-23)33-18-8-16(24)7-17(25)9-18/h6-9,12,14-15,19,21H,2-5,10-11H2,1H3,(H,28,30)/t14-,15+,19-,21?/m1/s1. The lowest BCUT2D eigenvalue weighted by atomic mass is 9.92. The number of piperidine rings is 1. The number of hydrogen-bond donors (Lipinski definition) is 1. The minimum atomic E-state index is -0.418. The van der Waals surface area contributed by atoms with Crippen molar-refractivity contribution in [1.82, 2.24) is 24.7 Å². The number of aryl methyl sites for hydroxylation is 2. The van der Waals surface area contributed by atoms with Crippen LogP contribution >= 0.6 is 11.6 Å². The lowest BCUT2D eigenvalue weighted by Gasteiger charge is -2.38. The van der Waals surface area contributed by atoms with Crippen molar-refractivity contribution in [2.75, 3.05) is 23.3 Å². The van der Waals surface area contributed by atoms with E-state index in [1.165, 1.54) is 25.0 Å². The average Bonchev–Trinajstić information content (AvgIpc) is 3.39. The van der Waals surface area contributed by atoms with E-state index in [0.717, 1.165) is 43.4 Å². The molecule has 4 heterocycles. The Morgan fingerprint density at radius 2 is 1.91 bits per heavy atom. The second-order valence-corrected chi connectivity index (χ2v) is 9.64. The second kappa shape index (κ2) is 8.13. The highest BCUT2D eigenvalue weighted by Gasteiger charge is 2.43. The smallest absolute Gasteiger partial charge is 0.242 e. The summed E-state index contributed by atoms with van der Waals surface area (Å²) < 4.78 is 21.6. The summed E-state index contributed by atoms with van der Waals surface area (Å²) in [5, 5.41) is 8.61. The molecule has 1 saturated heterocycles. The molecule has 0 amide bonds. The van der Waals surface area contributed by atoms with Gasteiger partial charge in [0.2, 0.25) is 5.95 Å². The maximum absolute atomic E-state index is 13.7. The van der Waals surface area contributed by atoms with Crippen LogP contribution in [0.15, 0.2) is 30.6 Å². The molecule has 8 nitrogen and oxygen atoms in total. The fraction of sp³-hybridized carbons (Fsp3) is 0.478. The maximum Gasteiger partial charge on any atom is 0.242 e. The van der Waals surface area contributed by atoms with E-state index in [2.05, 4.69) is 31.3 Å². The maximum atomic E-state index is 13.7. The molecule has 2 bridgehead atoms. The van der Waals surface area contributed by atoms with E-state index in [0.29, 0.717) is 34.6 Å². The highest BCUT2D eigenvalue weighted by atomic mass is 35.5. The SMILES string of the molecule is Cc1cc(N2C[C@H]3CC[C@@H](C2)C3Nc2nc3n(n2)CC[C@H]3Oc2cc(F)cc(Cl)c2)ncn1. The Bertz CT molecular complexity index is 1150. The van der Waals surface area contributed by atoms with E-state index < -0.39 is 5.82 Å². The van der Waals surface area contributed by atoms with Crippen LogP contribution in [0.25, 0.3) is 0 Å². The van der Waals surface area contributed by atoms with E-state index in [4.69, 9.17) is 21.3 Å². The Kier molecular flexibility index (Phi) is 5.09. The van der Waals surface area contributed by atoms with Gasteiger partial charge >= 0.3 is 0 Å². The van der Waals surface area contributed by atoms with Crippen LogP contribution < -0.4 is 15.0 Å². The van der Waals surface area contributed by atoms with Crippen molar-refractivity contribution in [2.45, 2.75) is 44.9 Å². The molecule has 1 aromatic carbocycles. The van der Waals surface area contributed by atoms with Crippen molar-refractivity contribution in [1.29, 1.82) is 0 Å². The predicted molar refractivity (Wildman–Crippen MR) is 122 cm³/mol. The summed E-state index contributed by atoms with van der Waals surface area (Å²) in [5.74, 6) is 3.43. The van der Waals surface area contributed by atoms with Gasteiger partial charge in [-0.3, -0.25) is 0 Å². The molecule has 1 aliphatic carbocycles. The fourth-order valence-corrected chi connectivity index (χ4v) is 5.68. The Labute approximate surface area is 196 Å². The molecule has 2 aliphatic heterocycles. The van der Waals surface area contributed by atoms with Crippen LogP contribution in [0.2, 0.25) is 5.02 Å². The number of nitrogens with one attached hydrogen (secondary N) is 1. The van der Waals surface area contributed by atoms with Gasteiger partial charge in [-0.1, -0.05) is 11.6 Å². The van der Waals surface area contributed by atoms with Gasteiger partial charge < -0.3 is 15.0 Å². The predicted octanol–water partition coefficient (Wildman–Crippen LogP) is 4.02.